The number of rotatable bonds is 5. The standard InChI is InChI=1S/C29H35N7O/c1-19-8-7-13-25(21(19)3)34-14-16-35(17-15-34)27(28-31-32-33-36(28)23-11-4-5-12-23)24-18-22-10-6-9-20(2)26(22)30-29(24)37/h6-10,13,18,23,27H,4-5,11-12,14-17H2,1-3H3,(H,30,37)/t27-/m0/s1. The Morgan fingerprint density at radius 1 is 0.946 bits per heavy atom. The van der Waals surface area contributed by atoms with Crippen LogP contribution in [0.25, 0.3) is 10.9 Å². The van der Waals surface area contributed by atoms with Gasteiger partial charge < -0.3 is 9.88 Å². The summed E-state index contributed by atoms with van der Waals surface area (Å²) in [5.41, 5.74) is 6.55. The highest BCUT2D eigenvalue weighted by Crippen LogP contribution is 2.35. The number of hydrogen-bond donors (Lipinski definition) is 1. The fourth-order valence-corrected chi connectivity index (χ4v) is 6.19. The van der Waals surface area contributed by atoms with Gasteiger partial charge in [0.05, 0.1) is 11.6 Å². The number of fused-ring (bicyclic) bond motifs is 1. The maximum atomic E-state index is 13.6. The number of benzene rings is 2. The lowest BCUT2D eigenvalue weighted by molar-refractivity contribution is 0.196. The lowest BCUT2D eigenvalue weighted by atomic mass is 10.0. The Labute approximate surface area is 217 Å². The van der Waals surface area contributed by atoms with Crippen molar-refractivity contribution in [2.24, 2.45) is 0 Å². The van der Waals surface area contributed by atoms with Crippen molar-refractivity contribution >= 4 is 16.6 Å². The summed E-state index contributed by atoms with van der Waals surface area (Å²) in [4.78, 5) is 21.6. The van der Waals surface area contributed by atoms with E-state index in [4.69, 9.17) is 0 Å². The highest BCUT2D eigenvalue weighted by atomic mass is 16.1. The molecule has 1 aliphatic heterocycles. The first kappa shape index (κ1) is 23.9. The van der Waals surface area contributed by atoms with Crippen molar-refractivity contribution in [3.8, 4) is 0 Å². The Kier molecular flexibility index (Phi) is 6.28. The molecule has 3 heterocycles. The van der Waals surface area contributed by atoms with Crippen molar-refractivity contribution in [3.05, 3.63) is 80.9 Å². The van der Waals surface area contributed by atoms with Crippen molar-refractivity contribution in [3.63, 3.8) is 0 Å². The molecule has 2 fully saturated rings. The number of tetrazole rings is 1. The summed E-state index contributed by atoms with van der Waals surface area (Å²) in [5.74, 6) is 0.782. The summed E-state index contributed by atoms with van der Waals surface area (Å²) in [7, 11) is 0. The monoisotopic (exact) mass is 497 g/mol. The molecule has 4 aromatic rings. The van der Waals surface area contributed by atoms with E-state index in [1.807, 2.05) is 23.7 Å². The fraction of sp³-hybridized carbons (Fsp3) is 0.448. The zero-order valence-corrected chi connectivity index (χ0v) is 21.9. The number of piperazine rings is 1. The van der Waals surface area contributed by atoms with Crippen LogP contribution in [0.2, 0.25) is 0 Å². The van der Waals surface area contributed by atoms with Crippen LogP contribution in [0, 0.1) is 20.8 Å². The van der Waals surface area contributed by atoms with E-state index >= 15 is 0 Å². The fourth-order valence-electron chi connectivity index (χ4n) is 6.19. The van der Waals surface area contributed by atoms with E-state index in [-0.39, 0.29) is 11.6 Å². The van der Waals surface area contributed by atoms with Crippen LogP contribution < -0.4 is 10.5 Å². The topological polar surface area (TPSA) is 82.9 Å². The Hall–Kier alpha value is -3.52. The molecule has 1 N–H and O–H groups in total. The molecule has 37 heavy (non-hydrogen) atoms. The molecule has 2 aliphatic rings. The third-order valence-corrected chi connectivity index (χ3v) is 8.44. The molecule has 2 aromatic carbocycles. The van der Waals surface area contributed by atoms with Gasteiger partial charge in [0, 0.05) is 37.4 Å². The van der Waals surface area contributed by atoms with Gasteiger partial charge in [-0.05, 0) is 78.2 Å². The number of nitrogens with zero attached hydrogens (tertiary/aromatic N) is 6. The normalized spacial score (nSPS) is 18.1. The summed E-state index contributed by atoms with van der Waals surface area (Å²) in [6.07, 6.45) is 4.55. The van der Waals surface area contributed by atoms with Gasteiger partial charge in [-0.1, -0.05) is 43.2 Å². The summed E-state index contributed by atoms with van der Waals surface area (Å²) in [6.45, 7) is 9.81. The van der Waals surface area contributed by atoms with E-state index in [0.29, 0.717) is 11.6 Å². The van der Waals surface area contributed by atoms with Crippen LogP contribution >= 0.6 is 0 Å². The van der Waals surface area contributed by atoms with Gasteiger partial charge in [0.25, 0.3) is 5.56 Å². The van der Waals surface area contributed by atoms with Crippen molar-refractivity contribution in [2.75, 3.05) is 31.1 Å². The zero-order chi connectivity index (χ0) is 25.5. The van der Waals surface area contributed by atoms with E-state index in [1.54, 1.807) is 0 Å². The van der Waals surface area contributed by atoms with Crippen molar-refractivity contribution in [1.29, 1.82) is 0 Å². The van der Waals surface area contributed by atoms with Gasteiger partial charge in [0.1, 0.15) is 6.04 Å². The number of pyridine rings is 1. The van der Waals surface area contributed by atoms with Crippen LogP contribution in [-0.2, 0) is 0 Å². The lowest BCUT2D eigenvalue weighted by Gasteiger charge is -2.40. The van der Waals surface area contributed by atoms with Gasteiger partial charge in [-0.25, -0.2) is 4.68 Å². The van der Waals surface area contributed by atoms with E-state index < -0.39 is 0 Å². The number of aromatic amines is 1. The van der Waals surface area contributed by atoms with Gasteiger partial charge in [0.2, 0.25) is 0 Å². The van der Waals surface area contributed by atoms with E-state index in [0.717, 1.165) is 61.3 Å². The molecule has 0 spiro atoms. The van der Waals surface area contributed by atoms with E-state index in [1.165, 1.54) is 29.7 Å². The van der Waals surface area contributed by atoms with Crippen LogP contribution in [-0.4, -0.2) is 56.3 Å². The lowest BCUT2D eigenvalue weighted by Crippen LogP contribution is -2.49. The Balaban J connectivity index is 1.39. The molecule has 1 aliphatic carbocycles. The van der Waals surface area contributed by atoms with E-state index in [9.17, 15) is 4.79 Å². The zero-order valence-electron chi connectivity index (χ0n) is 21.9. The second kappa shape index (κ2) is 9.74. The van der Waals surface area contributed by atoms with Gasteiger partial charge in [0.15, 0.2) is 5.82 Å². The number of anilines is 1. The predicted molar refractivity (Wildman–Crippen MR) is 146 cm³/mol. The number of hydrogen-bond acceptors (Lipinski definition) is 6. The first-order valence-electron chi connectivity index (χ1n) is 13.5. The number of nitrogens with one attached hydrogen (secondary N) is 1. The molecule has 1 saturated carbocycles. The molecule has 8 heteroatoms. The average Bonchev–Trinajstić information content (AvgIpc) is 3.60. The van der Waals surface area contributed by atoms with Gasteiger partial charge in [-0.2, -0.15) is 0 Å². The van der Waals surface area contributed by atoms with Crippen LogP contribution in [0.1, 0.15) is 65.8 Å². The molecule has 2 aromatic heterocycles. The van der Waals surface area contributed by atoms with Gasteiger partial charge in [-0.3, -0.25) is 9.69 Å². The predicted octanol–water partition coefficient (Wildman–Crippen LogP) is 4.47. The van der Waals surface area contributed by atoms with E-state index in [2.05, 4.69) is 74.5 Å². The first-order valence-corrected chi connectivity index (χ1v) is 13.5. The number of H-pyrrole nitrogens is 1. The molecule has 1 saturated heterocycles. The minimum atomic E-state index is -0.301. The van der Waals surface area contributed by atoms with Crippen molar-refractivity contribution in [1.82, 2.24) is 30.1 Å². The average molecular weight is 498 g/mol. The first-order chi connectivity index (χ1) is 18.0. The highest BCUT2D eigenvalue weighted by Gasteiger charge is 2.35. The minimum Gasteiger partial charge on any atom is -0.369 e. The Morgan fingerprint density at radius 3 is 2.46 bits per heavy atom. The molecular formula is C29H35N7O. The Morgan fingerprint density at radius 2 is 1.68 bits per heavy atom. The molecule has 0 bridgehead atoms. The minimum absolute atomic E-state index is 0.0651. The maximum Gasteiger partial charge on any atom is 0.253 e. The largest absolute Gasteiger partial charge is 0.369 e. The Bertz CT molecular complexity index is 1480. The van der Waals surface area contributed by atoms with Crippen molar-refractivity contribution in [2.45, 2.75) is 58.5 Å². The molecule has 0 amide bonds. The second-order valence-electron chi connectivity index (χ2n) is 10.7. The SMILES string of the molecule is Cc1cccc(N2CCN([C@@H](c3cc4cccc(C)c4[nH]c3=O)c3nnnn3C3CCCC3)CC2)c1C. The molecule has 6 rings (SSSR count). The molecular weight excluding hydrogens is 462 g/mol. The smallest absolute Gasteiger partial charge is 0.253 e. The second-order valence-corrected chi connectivity index (χ2v) is 10.7. The third-order valence-electron chi connectivity index (χ3n) is 8.44. The summed E-state index contributed by atoms with van der Waals surface area (Å²) < 4.78 is 2.01. The number of para-hydroxylation sites is 1. The molecule has 1 atom stereocenters. The van der Waals surface area contributed by atoms with Crippen LogP contribution in [0.4, 0.5) is 5.69 Å². The summed E-state index contributed by atoms with van der Waals surface area (Å²) in [6, 6.07) is 14.7. The highest BCUT2D eigenvalue weighted by molar-refractivity contribution is 5.82. The molecule has 0 unspecified atom stereocenters. The summed E-state index contributed by atoms with van der Waals surface area (Å²) in [5, 5.41) is 14.1. The summed E-state index contributed by atoms with van der Waals surface area (Å²) >= 11 is 0. The van der Waals surface area contributed by atoms with Gasteiger partial charge in [-0.15, -0.1) is 5.10 Å². The van der Waals surface area contributed by atoms with Crippen LogP contribution in [0.5, 0.6) is 0 Å². The molecule has 192 valence electrons. The number of aromatic nitrogens is 5. The number of aryl methyl sites for hydroxylation is 2. The van der Waals surface area contributed by atoms with Crippen LogP contribution in [0.3, 0.4) is 0 Å². The molecule has 8 nitrogen and oxygen atoms in total. The van der Waals surface area contributed by atoms with Crippen molar-refractivity contribution < 1.29 is 0 Å². The maximum absolute atomic E-state index is 13.6. The quantitative estimate of drug-likeness (QED) is 0.438. The third kappa shape index (κ3) is 4.33. The molecule has 0 radical (unpaired) electrons. The van der Waals surface area contributed by atoms with Crippen LogP contribution in [0.15, 0.2) is 47.3 Å². The van der Waals surface area contributed by atoms with Gasteiger partial charge >= 0.3 is 0 Å².